The summed E-state index contributed by atoms with van der Waals surface area (Å²) in [6.07, 6.45) is 1.62. The second-order valence-corrected chi connectivity index (χ2v) is 7.39. The Hall–Kier alpha value is -2.67. The molecule has 0 fully saturated rings. The second-order valence-electron chi connectivity index (χ2n) is 6.40. The summed E-state index contributed by atoms with van der Waals surface area (Å²) < 4.78 is 2.24. The smallest absolute Gasteiger partial charge is 0.275 e. The number of aromatic nitrogens is 3. The molecule has 0 amide bonds. The Morgan fingerprint density at radius 1 is 1.24 bits per heavy atom. The van der Waals surface area contributed by atoms with E-state index in [-0.39, 0.29) is 5.56 Å². The van der Waals surface area contributed by atoms with E-state index in [0.29, 0.717) is 4.70 Å². The standard InChI is InChI=1S/C18H17BN4OS/c1-10-7-13(22(2)3)14-15-16(25-17(14)21-10)18(24)23(9-20-15)12-6-4-5-11(19)8-12/h4-9H,19H2,1-3H3. The molecule has 3 heterocycles. The number of aryl methyl sites for hydroxylation is 1. The number of fused-ring (bicyclic) bond motifs is 3. The molecule has 7 heteroatoms. The molecule has 0 aliphatic rings. The number of rotatable bonds is 2. The van der Waals surface area contributed by atoms with Crippen molar-refractivity contribution < 1.29 is 0 Å². The summed E-state index contributed by atoms with van der Waals surface area (Å²) in [6, 6.07) is 9.89. The largest absolute Gasteiger partial charge is 0.377 e. The van der Waals surface area contributed by atoms with E-state index in [1.807, 2.05) is 64.1 Å². The lowest BCUT2D eigenvalue weighted by atomic mass is 9.96. The van der Waals surface area contributed by atoms with Crippen LogP contribution >= 0.6 is 11.3 Å². The van der Waals surface area contributed by atoms with Crippen LogP contribution in [0.4, 0.5) is 5.69 Å². The molecule has 0 aliphatic carbocycles. The zero-order chi connectivity index (χ0) is 17.7. The quantitative estimate of drug-likeness (QED) is 0.517. The summed E-state index contributed by atoms with van der Waals surface area (Å²) in [5.41, 5.74) is 4.57. The third kappa shape index (κ3) is 2.51. The van der Waals surface area contributed by atoms with Crippen LogP contribution in [-0.4, -0.2) is 36.5 Å². The molecule has 0 aliphatic heterocycles. The normalized spacial score (nSPS) is 11.3. The van der Waals surface area contributed by atoms with Crippen LogP contribution < -0.4 is 15.9 Å². The Labute approximate surface area is 150 Å². The molecule has 4 aromatic rings. The zero-order valence-electron chi connectivity index (χ0n) is 14.6. The van der Waals surface area contributed by atoms with Gasteiger partial charge in [-0.05, 0) is 25.1 Å². The van der Waals surface area contributed by atoms with Crippen LogP contribution in [0.1, 0.15) is 5.69 Å². The fourth-order valence-corrected chi connectivity index (χ4v) is 4.17. The summed E-state index contributed by atoms with van der Waals surface area (Å²) in [7, 11) is 5.99. The Morgan fingerprint density at radius 3 is 2.76 bits per heavy atom. The maximum absolute atomic E-state index is 13.1. The molecule has 0 saturated carbocycles. The lowest BCUT2D eigenvalue weighted by Gasteiger charge is -2.14. The van der Waals surface area contributed by atoms with Gasteiger partial charge in [0.2, 0.25) is 0 Å². The van der Waals surface area contributed by atoms with E-state index in [1.54, 1.807) is 10.9 Å². The first-order valence-electron chi connectivity index (χ1n) is 8.01. The first-order valence-corrected chi connectivity index (χ1v) is 8.83. The number of hydrogen-bond donors (Lipinski definition) is 0. The van der Waals surface area contributed by atoms with Crippen LogP contribution in [0.2, 0.25) is 0 Å². The van der Waals surface area contributed by atoms with Crippen LogP contribution in [-0.2, 0) is 0 Å². The number of pyridine rings is 1. The van der Waals surface area contributed by atoms with E-state index in [0.717, 1.165) is 38.3 Å². The highest BCUT2D eigenvalue weighted by Gasteiger charge is 2.17. The first-order chi connectivity index (χ1) is 12.0. The molecule has 3 aromatic heterocycles. The van der Waals surface area contributed by atoms with Gasteiger partial charge in [0.1, 0.15) is 29.2 Å². The van der Waals surface area contributed by atoms with Gasteiger partial charge in [0.25, 0.3) is 5.56 Å². The van der Waals surface area contributed by atoms with Crippen molar-refractivity contribution in [1.29, 1.82) is 0 Å². The Bertz CT molecular complexity index is 1180. The molecular formula is C18H17BN4OS. The number of hydrogen-bond acceptors (Lipinski definition) is 5. The van der Waals surface area contributed by atoms with E-state index in [1.165, 1.54) is 11.3 Å². The lowest BCUT2D eigenvalue weighted by Crippen LogP contribution is -2.19. The van der Waals surface area contributed by atoms with Crippen LogP contribution in [0.15, 0.2) is 41.5 Å². The van der Waals surface area contributed by atoms with E-state index in [2.05, 4.69) is 9.97 Å². The van der Waals surface area contributed by atoms with Crippen molar-refractivity contribution in [1.82, 2.24) is 14.5 Å². The maximum Gasteiger partial charge on any atom is 0.275 e. The van der Waals surface area contributed by atoms with Gasteiger partial charge in [0.05, 0.1) is 11.1 Å². The molecular weight excluding hydrogens is 331 g/mol. The molecule has 0 bridgehead atoms. The number of nitrogens with zero attached hydrogens (tertiary/aromatic N) is 4. The summed E-state index contributed by atoms with van der Waals surface area (Å²) in [5, 5.41) is 0.948. The predicted octanol–water partition coefficient (Wildman–Crippen LogP) is 1.63. The van der Waals surface area contributed by atoms with Gasteiger partial charge < -0.3 is 4.90 Å². The highest BCUT2D eigenvalue weighted by molar-refractivity contribution is 7.25. The molecule has 0 spiro atoms. The van der Waals surface area contributed by atoms with Crippen LogP contribution in [0.5, 0.6) is 0 Å². The molecule has 5 nitrogen and oxygen atoms in total. The molecule has 0 radical (unpaired) electrons. The van der Waals surface area contributed by atoms with Crippen molar-refractivity contribution in [3.05, 3.63) is 52.7 Å². The maximum atomic E-state index is 13.1. The Balaban J connectivity index is 2.08. The summed E-state index contributed by atoms with van der Waals surface area (Å²) in [6.45, 7) is 1.97. The minimum absolute atomic E-state index is 0.0547. The first kappa shape index (κ1) is 15.8. The highest BCUT2D eigenvalue weighted by Crippen LogP contribution is 2.36. The summed E-state index contributed by atoms with van der Waals surface area (Å²) >= 11 is 1.41. The van der Waals surface area contributed by atoms with Gasteiger partial charge in [-0.2, -0.15) is 0 Å². The number of thiophene rings is 1. The SMILES string of the molecule is Bc1cccc(-n2cnc3c(sc4nc(C)cc(N(C)C)c43)c2=O)c1. The van der Waals surface area contributed by atoms with Crippen LogP contribution in [0.25, 0.3) is 26.1 Å². The summed E-state index contributed by atoms with van der Waals surface area (Å²) in [5.74, 6) is 0. The fraction of sp³-hybridized carbons (Fsp3) is 0.167. The lowest BCUT2D eigenvalue weighted by molar-refractivity contribution is 0.969. The van der Waals surface area contributed by atoms with Gasteiger partial charge >= 0.3 is 0 Å². The van der Waals surface area contributed by atoms with Gasteiger partial charge in [-0.25, -0.2) is 9.97 Å². The van der Waals surface area contributed by atoms with E-state index >= 15 is 0 Å². The van der Waals surface area contributed by atoms with E-state index in [9.17, 15) is 4.79 Å². The number of benzene rings is 1. The van der Waals surface area contributed by atoms with E-state index in [4.69, 9.17) is 0 Å². The van der Waals surface area contributed by atoms with E-state index < -0.39 is 0 Å². The molecule has 0 unspecified atom stereocenters. The molecule has 0 saturated heterocycles. The monoisotopic (exact) mass is 348 g/mol. The minimum Gasteiger partial charge on any atom is -0.377 e. The Morgan fingerprint density at radius 2 is 2.04 bits per heavy atom. The molecule has 124 valence electrons. The zero-order valence-corrected chi connectivity index (χ0v) is 15.4. The predicted molar refractivity (Wildman–Crippen MR) is 108 cm³/mol. The van der Waals surface area contributed by atoms with Crippen molar-refractivity contribution in [3.8, 4) is 5.69 Å². The van der Waals surface area contributed by atoms with Gasteiger partial charge in [0, 0.05) is 25.5 Å². The van der Waals surface area contributed by atoms with Crippen LogP contribution in [0.3, 0.4) is 0 Å². The molecule has 4 rings (SSSR count). The Kier molecular flexibility index (Phi) is 3.61. The van der Waals surface area contributed by atoms with Gasteiger partial charge in [-0.1, -0.05) is 17.6 Å². The summed E-state index contributed by atoms with van der Waals surface area (Å²) in [4.78, 5) is 25.2. The third-order valence-electron chi connectivity index (χ3n) is 4.22. The van der Waals surface area contributed by atoms with Crippen LogP contribution in [0, 0.1) is 6.92 Å². The van der Waals surface area contributed by atoms with Crippen molar-refractivity contribution in [2.75, 3.05) is 19.0 Å². The van der Waals surface area contributed by atoms with Gasteiger partial charge in [-0.15, -0.1) is 11.3 Å². The van der Waals surface area contributed by atoms with Crippen molar-refractivity contribution >= 4 is 50.8 Å². The highest BCUT2D eigenvalue weighted by atomic mass is 32.1. The third-order valence-corrected chi connectivity index (χ3v) is 5.28. The molecule has 0 atom stereocenters. The van der Waals surface area contributed by atoms with Crippen molar-refractivity contribution in [3.63, 3.8) is 0 Å². The minimum atomic E-state index is -0.0547. The van der Waals surface area contributed by atoms with Crippen molar-refractivity contribution in [2.24, 2.45) is 0 Å². The topological polar surface area (TPSA) is 51.0 Å². The number of anilines is 1. The molecule has 0 N–H and O–H groups in total. The molecule has 1 aromatic carbocycles. The van der Waals surface area contributed by atoms with Crippen molar-refractivity contribution in [2.45, 2.75) is 6.92 Å². The second kappa shape index (κ2) is 5.70. The molecule has 25 heavy (non-hydrogen) atoms. The average Bonchev–Trinajstić information content (AvgIpc) is 2.93. The van der Waals surface area contributed by atoms with Gasteiger partial charge in [0.15, 0.2) is 0 Å². The average molecular weight is 348 g/mol. The van der Waals surface area contributed by atoms with Gasteiger partial charge in [-0.3, -0.25) is 9.36 Å². The fourth-order valence-electron chi connectivity index (χ4n) is 3.04.